The fourth-order valence-electron chi connectivity index (χ4n) is 3.21. The van der Waals surface area contributed by atoms with Crippen molar-refractivity contribution >= 4 is 0 Å². The van der Waals surface area contributed by atoms with E-state index in [0.717, 1.165) is 0 Å². The fraction of sp³-hybridized carbons (Fsp3) is 1.00. The van der Waals surface area contributed by atoms with Gasteiger partial charge in [-0.3, -0.25) is 4.90 Å². The van der Waals surface area contributed by atoms with Crippen LogP contribution in [0.4, 0.5) is 0 Å². The zero-order valence-electron chi connectivity index (χ0n) is 16.7. The molecule has 23 heavy (non-hydrogen) atoms. The van der Waals surface area contributed by atoms with E-state index in [0.29, 0.717) is 6.04 Å². The van der Waals surface area contributed by atoms with E-state index in [4.69, 9.17) is 0 Å². The molecule has 0 fully saturated rings. The fourth-order valence-corrected chi connectivity index (χ4v) is 3.21. The Labute approximate surface area is 147 Å². The Morgan fingerprint density at radius 2 is 1.00 bits per heavy atom. The second-order valence-corrected chi connectivity index (χ2v) is 7.53. The first-order chi connectivity index (χ1) is 11.1. The van der Waals surface area contributed by atoms with Crippen LogP contribution in [0.2, 0.25) is 0 Å². The Hall–Kier alpha value is -0.0800. The Kier molecular flexibility index (Phi) is 16.7. The predicted molar refractivity (Wildman–Crippen MR) is 104 cm³/mol. The van der Waals surface area contributed by atoms with Crippen LogP contribution in [0, 0.1) is 0 Å². The molecule has 0 aliphatic rings. The molecule has 2 unspecified atom stereocenters. The van der Waals surface area contributed by atoms with Gasteiger partial charge in [-0.2, -0.15) is 0 Å². The zero-order valence-corrected chi connectivity index (χ0v) is 16.7. The molecule has 0 spiro atoms. The highest BCUT2D eigenvalue weighted by molar-refractivity contribution is 4.63. The second kappa shape index (κ2) is 16.8. The maximum atomic E-state index is 9.53. The van der Waals surface area contributed by atoms with Gasteiger partial charge >= 0.3 is 0 Å². The van der Waals surface area contributed by atoms with Crippen molar-refractivity contribution in [2.75, 3.05) is 7.05 Å². The number of aliphatic hydroxyl groups is 1. The maximum Gasteiger partial charge on any atom is 0.104 e. The van der Waals surface area contributed by atoms with Gasteiger partial charge in [-0.1, -0.05) is 96.8 Å². The van der Waals surface area contributed by atoms with Crippen molar-refractivity contribution in [1.29, 1.82) is 0 Å². The summed E-state index contributed by atoms with van der Waals surface area (Å²) in [6.45, 7) is 6.35. The average Bonchev–Trinajstić information content (AvgIpc) is 2.54. The summed E-state index contributed by atoms with van der Waals surface area (Å²) in [5.74, 6) is 0. The van der Waals surface area contributed by atoms with Crippen LogP contribution in [-0.2, 0) is 0 Å². The molecule has 0 aliphatic heterocycles. The summed E-state index contributed by atoms with van der Waals surface area (Å²) < 4.78 is 0. The minimum Gasteiger partial charge on any atom is -0.379 e. The largest absolute Gasteiger partial charge is 0.379 e. The van der Waals surface area contributed by atoms with Gasteiger partial charge in [0.15, 0.2) is 0 Å². The lowest BCUT2D eigenvalue weighted by Crippen LogP contribution is -2.36. The number of nitrogens with zero attached hydrogens (tertiary/aromatic N) is 1. The van der Waals surface area contributed by atoms with Crippen LogP contribution in [0.1, 0.15) is 117 Å². The molecule has 1 N–H and O–H groups in total. The maximum absolute atomic E-state index is 9.53. The van der Waals surface area contributed by atoms with Crippen molar-refractivity contribution in [2.24, 2.45) is 0 Å². The van der Waals surface area contributed by atoms with Crippen molar-refractivity contribution in [3.8, 4) is 0 Å². The highest BCUT2D eigenvalue weighted by atomic mass is 16.3. The van der Waals surface area contributed by atoms with Crippen molar-refractivity contribution in [3.05, 3.63) is 0 Å². The van der Waals surface area contributed by atoms with Crippen LogP contribution in [0.3, 0.4) is 0 Å². The molecule has 2 atom stereocenters. The van der Waals surface area contributed by atoms with Crippen LogP contribution >= 0.6 is 0 Å². The predicted octanol–water partition coefficient (Wildman–Crippen LogP) is 6.52. The molecule has 2 nitrogen and oxygen atoms in total. The number of aliphatic hydroxyl groups excluding tert-OH is 1. The Morgan fingerprint density at radius 3 is 1.35 bits per heavy atom. The van der Waals surface area contributed by atoms with E-state index in [9.17, 15) is 5.11 Å². The van der Waals surface area contributed by atoms with Gasteiger partial charge < -0.3 is 5.11 Å². The Morgan fingerprint density at radius 1 is 0.652 bits per heavy atom. The van der Waals surface area contributed by atoms with Crippen LogP contribution < -0.4 is 0 Å². The minimum atomic E-state index is -0.323. The van der Waals surface area contributed by atoms with E-state index < -0.39 is 0 Å². The molecule has 0 aromatic heterocycles. The SMILES string of the molecule is CCCCCCCCCCCCCCCCC(C)N(C)C(C)O. The summed E-state index contributed by atoms with van der Waals surface area (Å²) >= 11 is 0. The molecule has 0 saturated heterocycles. The van der Waals surface area contributed by atoms with E-state index in [1.807, 2.05) is 14.0 Å². The molecule has 0 bridgehead atoms. The van der Waals surface area contributed by atoms with Crippen molar-refractivity contribution in [3.63, 3.8) is 0 Å². The van der Waals surface area contributed by atoms with Crippen LogP contribution in [0.15, 0.2) is 0 Å². The molecule has 0 amide bonds. The number of rotatable bonds is 17. The van der Waals surface area contributed by atoms with E-state index in [-0.39, 0.29) is 6.23 Å². The first-order valence-electron chi connectivity index (χ1n) is 10.5. The zero-order chi connectivity index (χ0) is 17.3. The molecule has 0 saturated carbocycles. The summed E-state index contributed by atoms with van der Waals surface area (Å²) in [5, 5.41) is 9.53. The highest BCUT2D eigenvalue weighted by Crippen LogP contribution is 2.14. The van der Waals surface area contributed by atoms with Gasteiger partial charge in [-0.15, -0.1) is 0 Å². The van der Waals surface area contributed by atoms with Gasteiger partial charge in [0.25, 0.3) is 0 Å². The van der Waals surface area contributed by atoms with Gasteiger partial charge in [-0.05, 0) is 27.3 Å². The lowest BCUT2D eigenvalue weighted by atomic mass is 10.0. The van der Waals surface area contributed by atoms with E-state index in [2.05, 4.69) is 18.7 Å². The Bertz CT molecular complexity index is 230. The standard InChI is InChI=1S/C21H45NO/c1-5-6-7-8-9-10-11-12-13-14-15-16-17-18-19-20(2)22(4)21(3)23/h20-21,23H,5-19H2,1-4H3. The number of hydrogen-bond acceptors (Lipinski definition) is 2. The molecule has 0 radical (unpaired) electrons. The monoisotopic (exact) mass is 327 g/mol. The second-order valence-electron chi connectivity index (χ2n) is 7.53. The average molecular weight is 328 g/mol. The first kappa shape index (κ1) is 22.9. The van der Waals surface area contributed by atoms with Gasteiger partial charge in [0.2, 0.25) is 0 Å². The van der Waals surface area contributed by atoms with Crippen molar-refractivity contribution in [1.82, 2.24) is 4.90 Å². The van der Waals surface area contributed by atoms with E-state index >= 15 is 0 Å². The quantitative estimate of drug-likeness (QED) is 0.243. The van der Waals surface area contributed by atoms with E-state index in [1.165, 1.54) is 96.3 Å². The third kappa shape index (κ3) is 15.2. The third-order valence-electron chi connectivity index (χ3n) is 5.26. The minimum absolute atomic E-state index is 0.323. The summed E-state index contributed by atoms with van der Waals surface area (Å²) in [4.78, 5) is 2.06. The lowest BCUT2D eigenvalue weighted by Gasteiger charge is -2.27. The molecule has 0 rings (SSSR count). The molecule has 0 aromatic carbocycles. The molecular formula is C21H45NO. The summed E-state index contributed by atoms with van der Waals surface area (Å²) in [6.07, 6.45) is 20.7. The van der Waals surface area contributed by atoms with Gasteiger partial charge in [0.1, 0.15) is 6.23 Å². The normalized spacial score (nSPS) is 14.3. The van der Waals surface area contributed by atoms with Crippen LogP contribution in [-0.4, -0.2) is 29.3 Å². The van der Waals surface area contributed by atoms with Gasteiger partial charge in [-0.25, -0.2) is 0 Å². The molecule has 0 aliphatic carbocycles. The summed E-state index contributed by atoms with van der Waals surface area (Å²) in [6, 6.07) is 0.493. The molecule has 140 valence electrons. The molecule has 2 heteroatoms. The van der Waals surface area contributed by atoms with Gasteiger partial charge in [0.05, 0.1) is 0 Å². The number of unbranched alkanes of at least 4 members (excludes halogenated alkanes) is 13. The third-order valence-corrected chi connectivity index (χ3v) is 5.26. The van der Waals surface area contributed by atoms with Crippen molar-refractivity contribution < 1.29 is 5.11 Å². The molecule has 0 aromatic rings. The van der Waals surface area contributed by atoms with Crippen LogP contribution in [0.5, 0.6) is 0 Å². The molecule has 0 heterocycles. The summed E-state index contributed by atoms with van der Waals surface area (Å²) in [5.41, 5.74) is 0. The van der Waals surface area contributed by atoms with Gasteiger partial charge in [0, 0.05) is 6.04 Å². The first-order valence-corrected chi connectivity index (χ1v) is 10.5. The smallest absolute Gasteiger partial charge is 0.104 e. The van der Waals surface area contributed by atoms with Crippen molar-refractivity contribution in [2.45, 2.75) is 129 Å². The van der Waals surface area contributed by atoms with Crippen LogP contribution in [0.25, 0.3) is 0 Å². The molecular weight excluding hydrogens is 282 g/mol. The topological polar surface area (TPSA) is 23.5 Å². The Balaban J connectivity index is 3.16. The summed E-state index contributed by atoms with van der Waals surface area (Å²) in [7, 11) is 2.01. The number of hydrogen-bond donors (Lipinski definition) is 1. The highest BCUT2D eigenvalue weighted by Gasteiger charge is 2.12. The van der Waals surface area contributed by atoms with E-state index in [1.54, 1.807) is 0 Å². The lowest BCUT2D eigenvalue weighted by molar-refractivity contribution is 0.0105.